The van der Waals surface area contributed by atoms with Gasteiger partial charge in [0.05, 0.1) is 18.8 Å². The van der Waals surface area contributed by atoms with Crippen LogP contribution in [0.4, 0.5) is 0 Å². The summed E-state index contributed by atoms with van der Waals surface area (Å²) >= 11 is 0. The average molecular weight is 670 g/mol. The number of rotatable bonds is 38. The van der Waals surface area contributed by atoms with Gasteiger partial charge in [-0.05, 0) is 12.8 Å². The fraction of sp³-hybridized carbons (Fsp3) is 0.976. The predicted molar refractivity (Wildman–Crippen MR) is 201 cm³/mol. The van der Waals surface area contributed by atoms with E-state index < -0.39 is 36.9 Å². The molecular weight excluding hydrogens is 586 g/mol. The molecule has 282 valence electrons. The van der Waals surface area contributed by atoms with Gasteiger partial charge in [-0.25, -0.2) is 0 Å². The van der Waals surface area contributed by atoms with Crippen molar-refractivity contribution in [2.75, 3.05) is 6.61 Å². The predicted octanol–water partition coefficient (Wildman–Crippen LogP) is 10.5. The normalized spacial score (nSPS) is 14.3. The molecule has 0 aromatic rings. The zero-order valence-corrected chi connectivity index (χ0v) is 31.5. The summed E-state index contributed by atoms with van der Waals surface area (Å²) in [6.45, 7) is 4.06. The minimum Gasteiger partial charge on any atom is -0.394 e. The topological polar surface area (TPSA) is 110 Å². The van der Waals surface area contributed by atoms with E-state index in [2.05, 4.69) is 19.2 Å². The molecule has 0 saturated heterocycles. The van der Waals surface area contributed by atoms with Crippen LogP contribution in [0.2, 0.25) is 0 Å². The Hall–Kier alpha value is -0.690. The van der Waals surface area contributed by atoms with Crippen LogP contribution in [-0.4, -0.2) is 57.3 Å². The number of unbranched alkanes of at least 4 members (excludes halogenated alkanes) is 29. The summed E-state index contributed by atoms with van der Waals surface area (Å²) in [7, 11) is 0. The zero-order chi connectivity index (χ0) is 34.6. The molecule has 0 aliphatic rings. The van der Waals surface area contributed by atoms with Gasteiger partial charge in [0.1, 0.15) is 12.2 Å². The number of hydrogen-bond acceptors (Lipinski definition) is 5. The molecule has 0 aromatic heterocycles. The van der Waals surface area contributed by atoms with E-state index in [0.717, 1.165) is 38.5 Å². The summed E-state index contributed by atoms with van der Waals surface area (Å²) < 4.78 is 0. The van der Waals surface area contributed by atoms with Crippen molar-refractivity contribution in [1.82, 2.24) is 5.32 Å². The van der Waals surface area contributed by atoms with Crippen LogP contribution in [0.3, 0.4) is 0 Å². The third-order valence-electron chi connectivity index (χ3n) is 10.1. The lowest BCUT2D eigenvalue weighted by Gasteiger charge is -2.27. The lowest BCUT2D eigenvalue weighted by Crippen LogP contribution is -2.53. The average Bonchev–Trinajstić information content (AvgIpc) is 3.07. The van der Waals surface area contributed by atoms with Crippen LogP contribution in [0.1, 0.15) is 226 Å². The van der Waals surface area contributed by atoms with E-state index in [1.54, 1.807) is 0 Å². The molecular formula is C41H83NO5. The lowest BCUT2D eigenvalue weighted by molar-refractivity contribution is -0.132. The smallest absolute Gasteiger partial charge is 0.249 e. The summed E-state index contributed by atoms with van der Waals surface area (Å²) in [5, 5.41) is 43.6. The summed E-state index contributed by atoms with van der Waals surface area (Å²) in [6.07, 6.45) is 36.9. The Morgan fingerprint density at radius 2 is 0.723 bits per heavy atom. The van der Waals surface area contributed by atoms with E-state index in [0.29, 0.717) is 12.8 Å². The first kappa shape index (κ1) is 46.3. The second kappa shape index (κ2) is 36.6. The zero-order valence-electron chi connectivity index (χ0n) is 31.5. The summed E-state index contributed by atoms with van der Waals surface area (Å²) in [4.78, 5) is 12.5. The van der Waals surface area contributed by atoms with Crippen LogP contribution in [0.5, 0.6) is 0 Å². The maximum atomic E-state index is 12.5. The molecule has 5 N–H and O–H groups in total. The molecule has 0 aliphatic heterocycles. The van der Waals surface area contributed by atoms with Crippen LogP contribution < -0.4 is 5.32 Å². The van der Waals surface area contributed by atoms with E-state index in [1.165, 1.54) is 161 Å². The minimum absolute atomic E-state index is 0.375. The van der Waals surface area contributed by atoms with Crippen LogP contribution >= 0.6 is 0 Å². The third kappa shape index (κ3) is 31.1. The van der Waals surface area contributed by atoms with Crippen molar-refractivity contribution < 1.29 is 25.2 Å². The number of hydrogen-bond donors (Lipinski definition) is 5. The second-order valence-corrected chi connectivity index (χ2v) is 14.7. The van der Waals surface area contributed by atoms with E-state index in [4.69, 9.17) is 0 Å². The van der Waals surface area contributed by atoms with Crippen molar-refractivity contribution in [2.24, 2.45) is 0 Å². The Kier molecular flexibility index (Phi) is 36.0. The Morgan fingerprint density at radius 3 is 1.02 bits per heavy atom. The first-order valence-electron chi connectivity index (χ1n) is 20.9. The quantitative estimate of drug-likeness (QED) is 0.0420. The van der Waals surface area contributed by atoms with Gasteiger partial charge in [0.2, 0.25) is 5.91 Å². The van der Waals surface area contributed by atoms with Crippen molar-refractivity contribution in [3.05, 3.63) is 0 Å². The van der Waals surface area contributed by atoms with Crippen LogP contribution in [0.25, 0.3) is 0 Å². The molecule has 47 heavy (non-hydrogen) atoms. The van der Waals surface area contributed by atoms with Crippen molar-refractivity contribution in [2.45, 2.75) is 250 Å². The van der Waals surface area contributed by atoms with Gasteiger partial charge < -0.3 is 25.7 Å². The first-order valence-corrected chi connectivity index (χ1v) is 20.9. The molecule has 0 rings (SSSR count). The van der Waals surface area contributed by atoms with Crippen molar-refractivity contribution in [1.29, 1.82) is 0 Å². The number of nitrogens with one attached hydrogen (secondary N) is 1. The van der Waals surface area contributed by atoms with E-state index in [1.807, 2.05) is 0 Å². The van der Waals surface area contributed by atoms with Gasteiger partial charge in [-0.3, -0.25) is 4.79 Å². The summed E-state index contributed by atoms with van der Waals surface area (Å²) in [5.74, 6) is -0.580. The minimum atomic E-state index is -1.25. The number of amides is 1. The molecule has 6 nitrogen and oxygen atoms in total. The maximum Gasteiger partial charge on any atom is 0.249 e. The molecule has 0 spiro atoms. The highest BCUT2D eigenvalue weighted by atomic mass is 16.3. The molecule has 0 aromatic carbocycles. The second-order valence-electron chi connectivity index (χ2n) is 14.7. The van der Waals surface area contributed by atoms with Gasteiger partial charge >= 0.3 is 0 Å². The molecule has 4 unspecified atom stereocenters. The molecule has 0 fully saturated rings. The molecule has 0 radical (unpaired) electrons. The van der Waals surface area contributed by atoms with E-state index in [9.17, 15) is 25.2 Å². The van der Waals surface area contributed by atoms with Gasteiger partial charge in [0.25, 0.3) is 0 Å². The highest BCUT2D eigenvalue weighted by Gasteiger charge is 2.28. The van der Waals surface area contributed by atoms with Gasteiger partial charge in [-0.15, -0.1) is 0 Å². The Balaban J connectivity index is 3.73. The van der Waals surface area contributed by atoms with Crippen molar-refractivity contribution >= 4 is 5.91 Å². The lowest BCUT2D eigenvalue weighted by atomic mass is 9.99. The van der Waals surface area contributed by atoms with E-state index >= 15 is 0 Å². The van der Waals surface area contributed by atoms with Crippen molar-refractivity contribution in [3.63, 3.8) is 0 Å². The van der Waals surface area contributed by atoms with Crippen LogP contribution in [0, 0.1) is 0 Å². The largest absolute Gasteiger partial charge is 0.394 e. The fourth-order valence-corrected chi connectivity index (χ4v) is 6.70. The molecule has 0 bridgehead atoms. The monoisotopic (exact) mass is 670 g/mol. The summed E-state index contributed by atoms with van der Waals surface area (Å²) in [6, 6.07) is -0.978. The Morgan fingerprint density at radius 1 is 0.447 bits per heavy atom. The Labute approximate surface area is 292 Å². The van der Waals surface area contributed by atoms with Gasteiger partial charge in [-0.1, -0.05) is 213 Å². The number of carbonyl (C=O) groups is 1. The highest BCUT2D eigenvalue weighted by Crippen LogP contribution is 2.17. The SMILES string of the molecule is CCCCCCCCCCCCCCCCCCC(O)C(O)C(CO)NC(=O)C(O)CCCCCCCCCCCCCCCCC. The molecule has 0 heterocycles. The van der Waals surface area contributed by atoms with Gasteiger partial charge in [0.15, 0.2) is 0 Å². The molecule has 4 atom stereocenters. The third-order valence-corrected chi connectivity index (χ3v) is 10.1. The first-order chi connectivity index (χ1) is 23.0. The number of carbonyl (C=O) groups excluding carboxylic acids is 1. The summed E-state index contributed by atoms with van der Waals surface area (Å²) in [5.41, 5.74) is 0. The molecule has 6 heteroatoms. The standard InChI is InChI=1S/C41H83NO5/c1-3-5-7-9-11-13-15-17-19-21-22-24-26-28-30-32-34-38(44)40(46)37(36-43)42-41(47)39(45)35-33-31-29-27-25-23-20-18-16-14-12-10-8-6-4-2/h37-40,43-46H,3-36H2,1-2H3,(H,42,47). The Bertz CT molecular complexity index is 633. The van der Waals surface area contributed by atoms with Crippen molar-refractivity contribution in [3.8, 4) is 0 Å². The van der Waals surface area contributed by atoms with Gasteiger partial charge in [-0.2, -0.15) is 0 Å². The molecule has 0 aliphatic carbocycles. The van der Waals surface area contributed by atoms with Gasteiger partial charge in [0, 0.05) is 0 Å². The van der Waals surface area contributed by atoms with Crippen LogP contribution in [0.15, 0.2) is 0 Å². The highest BCUT2D eigenvalue weighted by molar-refractivity contribution is 5.80. The maximum absolute atomic E-state index is 12.5. The number of aliphatic hydroxyl groups excluding tert-OH is 4. The molecule has 0 saturated carbocycles. The van der Waals surface area contributed by atoms with E-state index in [-0.39, 0.29) is 0 Å². The van der Waals surface area contributed by atoms with Crippen LogP contribution in [-0.2, 0) is 4.79 Å². The molecule has 1 amide bonds. The number of aliphatic hydroxyl groups is 4. The fourth-order valence-electron chi connectivity index (χ4n) is 6.70.